The predicted octanol–water partition coefficient (Wildman–Crippen LogP) is 4.31. The van der Waals surface area contributed by atoms with Gasteiger partial charge in [0, 0.05) is 23.0 Å². The molecule has 1 aromatic heterocycles. The van der Waals surface area contributed by atoms with Gasteiger partial charge in [0.15, 0.2) is 0 Å². The summed E-state index contributed by atoms with van der Waals surface area (Å²) in [4.78, 5) is 1.28. The molecule has 2 N–H and O–H groups in total. The lowest BCUT2D eigenvalue weighted by Gasteiger charge is -2.15. The smallest absolute Gasteiger partial charge is 0.120 e. The van der Waals surface area contributed by atoms with Gasteiger partial charge in [0.25, 0.3) is 0 Å². The van der Waals surface area contributed by atoms with Gasteiger partial charge in [-0.3, -0.25) is 0 Å². The number of phenolic OH excluding ortho intramolecular Hbond substituents is 1. The molecule has 4 heteroatoms. The van der Waals surface area contributed by atoms with Crippen LogP contribution in [0.25, 0.3) is 0 Å². The summed E-state index contributed by atoms with van der Waals surface area (Å²) in [6.45, 7) is 4.90. The standard InChI is InChI=1S/C15H18ClNOS/c1-10-3-5-13(14(18)9-10)11(2)17-8-7-12-4-6-15(16)19-12/h3-6,9,11,17-18H,7-8H2,1-2H3. The Morgan fingerprint density at radius 3 is 2.74 bits per heavy atom. The van der Waals surface area contributed by atoms with E-state index in [2.05, 4.69) is 18.3 Å². The molecule has 0 fully saturated rings. The van der Waals surface area contributed by atoms with E-state index in [0.29, 0.717) is 5.75 Å². The lowest BCUT2D eigenvalue weighted by Crippen LogP contribution is -2.21. The number of aromatic hydroxyl groups is 1. The van der Waals surface area contributed by atoms with Gasteiger partial charge in [0.1, 0.15) is 5.75 Å². The van der Waals surface area contributed by atoms with Crippen LogP contribution in [0.15, 0.2) is 30.3 Å². The molecule has 0 aliphatic carbocycles. The number of thiophene rings is 1. The maximum Gasteiger partial charge on any atom is 0.120 e. The van der Waals surface area contributed by atoms with Crippen LogP contribution >= 0.6 is 22.9 Å². The summed E-state index contributed by atoms with van der Waals surface area (Å²) >= 11 is 7.51. The molecule has 0 radical (unpaired) electrons. The first kappa shape index (κ1) is 14.4. The van der Waals surface area contributed by atoms with Gasteiger partial charge in [0.2, 0.25) is 0 Å². The average molecular weight is 296 g/mol. The quantitative estimate of drug-likeness (QED) is 0.861. The van der Waals surface area contributed by atoms with Gasteiger partial charge in [0.05, 0.1) is 4.34 Å². The van der Waals surface area contributed by atoms with Gasteiger partial charge in [-0.05, 0) is 44.0 Å². The Morgan fingerprint density at radius 1 is 1.32 bits per heavy atom. The first-order valence-corrected chi connectivity index (χ1v) is 7.53. The van der Waals surface area contributed by atoms with Crippen LogP contribution in [0.2, 0.25) is 4.34 Å². The number of aryl methyl sites for hydroxylation is 1. The Bertz CT molecular complexity index is 553. The van der Waals surface area contributed by atoms with Gasteiger partial charge >= 0.3 is 0 Å². The van der Waals surface area contributed by atoms with Gasteiger partial charge in [-0.25, -0.2) is 0 Å². The van der Waals surface area contributed by atoms with Crippen molar-refractivity contribution in [1.29, 1.82) is 0 Å². The van der Waals surface area contributed by atoms with E-state index in [1.165, 1.54) is 4.88 Å². The summed E-state index contributed by atoms with van der Waals surface area (Å²) in [6.07, 6.45) is 0.953. The summed E-state index contributed by atoms with van der Waals surface area (Å²) in [7, 11) is 0. The van der Waals surface area contributed by atoms with Crippen molar-refractivity contribution in [2.24, 2.45) is 0 Å². The van der Waals surface area contributed by atoms with Crippen molar-refractivity contribution < 1.29 is 5.11 Å². The molecule has 1 heterocycles. The Labute approximate surface area is 123 Å². The third-order valence-electron chi connectivity index (χ3n) is 3.10. The molecular weight excluding hydrogens is 278 g/mol. The molecule has 2 nitrogen and oxygen atoms in total. The highest BCUT2D eigenvalue weighted by Crippen LogP contribution is 2.25. The van der Waals surface area contributed by atoms with Crippen LogP contribution in [0.5, 0.6) is 5.75 Å². The minimum absolute atomic E-state index is 0.135. The van der Waals surface area contributed by atoms with Crippen molar-refractivity contribution in [3.8, 4) is 5.75 Å². The number of benzene rings is 1. The molecule has 0 bridgehead atoms. The third kappa shape index (κ3) is 3.96. The lowest BCUT2D eigenvalue weighted by atomic mass is 10.0. The van der Waals surface area contributed by atoms with E-state index < -0.39 is 0 Å². The molecule has 2 rings (SSSR count). The number of nitrogens with one attached hydrogen (secondary N) is 1. The van der Waals surface area contributed by atoms with Crippen LogP contribution in [-0.4, -0.2) is 11.7 Å². The number of halogens is 1. The first-order chi connectivity index (χ1) is 9.06. The average Bonchev–Trinajstić information content (AvgIpc) is 2.75. The topological polar surface area (TPSA) is 32.3 Å². The Balaban J connectivity index is 1.88. The monoisotopic (exact) mass is 295 g/mol. The fourth-order valence-corrected chi connectivity index (χ4v) is 3.11. The minimum Gasteiger partial charge on any atom is -0.508 e. The van der Waals surface area contributed by atoms with E-state index in [9.17, 15) is 5.11 Å². The summed E-state index contributed by atoms with van der Waals surface area (Å²) in [5, 5.41) is 13.3. The van der Waals surface area contributed by atoms with E-state index in [1.807, 2.05) is 25.1 Å². The van der Waals surface area contributed by atoms with E-state index in [0.717, 1.165) is 28.4 Å². The molecule has 0 aliphatic heterocycles. The van der Waals surface area contributed by atoms with Gasteiger partial charge < -0.3 is 10.4 Å². The van der Waals surface area contributed by atoms with E-state index in [4.69, 9.17) is 11.6 Å². The number of rotatable bonds is 5. The zero-order valence-electron chi connectivity index (χ0n) is 11.1. The second-order valence-electron chi connectivity index (χ2n) is 4.69. The highest BCUT2D eigenvalue weighted by Gasteiger charge is 2.09. The summed E-state index contributed by atoms with van der Waals surface area (Å²) in [5.74, 6) is 0.360. The Kier molecular flexibility index (Phi) is 4.86. The van der Waals surface area contributed by atoms with Crippen LogP contribution in [0.1, 0.15) is 29.0 Å². The summed E-state index contributed by atoms with van der Waals surface area (Å²) < 4.78 is 0.833. The molecule has 1 unspecified atom stereocenters. The molecule has 0 amide bonds. The second kappa shape index (κ2) is 6.42. The lowest BCUT2D eigenvalue weighted by molar-refractivity contribution is 0.453. The van der Waals surface area contributed by atoms with Crippen molar-refractivity contribution in [3.05, 3.63) is 50.7 Å². The molecular formula is C15H18ClNOS. The molecule has 0 saturated carbocycles. The number of phenols is 1. The molecule has 2 aromatic rings. The summed E-state index contributed by atoms with van der Waals surface area (Å²) in [6, 6.07) is 9.92. The van der Waals surface area contributed by atoms with Crippen molar-refractivity contribution in [3.63, 3.8) is 0 Å². The minimum atomic E-state index is 0.135. The fourth-order valence-electron chi connectivity index (χ4n) is 2.03. The van der Waals surface area contributed by atoms with Crippen molar-refractivity contribution >= 4 is 22.9 Å². The number of hydrogen-bond donors (Lipinski definition) is 2. The zero-order valence-corrected chi connectivity index (χ0v) is 12.7. The molecule has 0 saturated heterocycles. The van der Waals surface area contributed by atoms with Gasteiger partial charge in [-0.2, -0.15) is 0 Å². The van der Waals surface area contributed by atoms with Crippen molar-refractivity contribution in [2.75, 3.05) is 6.54 Å². The number of hydrogen-bond acceptors (Lipinski definition) is 3. The molecule has 0 spiro atoms. The Morgan fingerprint density at radius 2 is 2.11 bits per heavy atom. The van der Waals surface area contributed by atoms with E-state index in [-0.39, 0.29) is 6.04 Å². The van der Waals surface area contributed by atoms with E-state index >= 15 is 0 Å². The van der Waals surface area contributed by atoms with Gasteiger partial charge in [-0.1, -0.05) is 23.7 Å². The van der Waals surface area contributed by atoms with Crippen LogP contribution in [0.3, 0.4) is 0 Å². The molecule has 0 aliphatic rings. The maximum absolute atomic E-state index is 9.93. The van der Waals surface area contributed by atoms with Crippen LogP contribution < -0.4 is 5.32 Å². The van der Waals surface area contributed by atoms with Crippen LogP contribution in [0.4, 0.5) is 0 Å². The van der Waals surface area contributed by atoms with E-state index in [1.54, 1.807) is 17.4 Å². The SMILES string of the molecule is Cc1ccc(C(C)NCCc2ccc(Cl)s2)c(O)c1. The zero-order chi connectivity index (χ0) is 13.8. The molecule has 102 valence electrons. The fraction of sp³-hybridized carbons (Fsp3) is 0.333. The first-order valence-electron chi connectivity index (χ1n) is 6.33. The van der Waals surface area contributed by atoms with Gasteiger partial charge in [-0.15, -0.1) is 11.3 Å². The van der Waals surface area contributed by atoms with Crippen molar-refractivity contribution in [2.45, 2.75) is 26.3 Å². The van der Waals surface area contributed by atoms with Crippen molar-refractivity contribution in [1.82, 2.24) is 5.32 Å². The molecule has 19 heavy (non-hydrogen) atoms. The Hall–Kier alpha value is -1.03. The predicted molar refractivity (Wildman–Crippen MR) is 82.3 cm³/mol. The second-order valence-corrected chi connectivity index (χ2v) is 6.49. The maximum atomic E-state index is 9.93. The third-order valence-corrected chi connectivity index (χ3v) is 4.39. The molecule has 1 aromatic carbocycles. The highest BCUT2D eigenvalue weighted by molar-refractivity contribution is 7.16. The molecule has 1 atom stereocenters. The van der Waals surface area contributed by atoms with Crippen LogP contribution in [0, 0.1) is 6.92 Å². The largest absolute Gasteiger partial charge is 0.508 e. The van der Waals surface area contributed by atoms with Crippen LogP contribution in [-0.2, 0) is 6.42 Å². The normalized spacial score (nSPS) is 12.6. The summed E-state index contributed by atoms with van der Waals surface area (Å²) in [5.41, 5.74) is 2.01. The highest BCUT2D eigenvalue weighted by atomic mass is 35.5.